The first-order valence-corrected chi connectivity index (χ1v) is 7.49. The van der Waals surface area contributed by atoms with Gasteiger partial charge in [0.05, 0.1) is 5.69 Å². The molecule has 3 aromatic rings. The van der Waals surface area contributed by atoms with Crippen LogP contribution in [-0.4, -0.2) is 20.2 Å². The van der Waals surface area contributed by atoms with Gasteiger partial charge in [0.2, 0.25) is 5.16 Å². The number of thioether (sulfide) groups is 1. The molecule has 1 aromatic heterocycles. The van der Waals surface area contributed by atoms with Crippen LogP contribution in [0, 0.1) is 11.6 Å². The predicted molar refractivity (Wildman–Crippen MR) is 79.8 cm³/mol. The lowest BCUT2D eigenvalue weighted by atomic mass is 10.1. The Morgan fingerprint density at radius 2 is 1.68 bits per heavy atom. The fourth-order valence-electron chi connectivity index (χ4n) is 2.10. The van der Waals surface area contributed by atoms with Gasteiger partial charge in [-0.05, 0) is 41.6 Å². The Labute approximate surface area is 130 Å². The number of aromatic nitrogens is 4. The van der Waals surface area contributed by atoms with Crippen molar-refractivity contribution in [1.29, 1.82) is 0 Å². The van der Waals surface area contributed by atoms with E-state index in [0.29, 0.717) is 5.16 Å². The van der Waals surface area contributed by atoms with Gasteiger partial charge in [-0.15, -0.1) is 5.10 Å². The summed E-state index contributed by atoms with van der Waals surface area (Å²) in [5.74, 6) is -1.14. The second-order valence-corrected chi connectivity index (χ2v) is 5.91. The van der Waals surface area contributed by atoms with Gasteiger partial charge >= 0.3 is 0 Å². The van der Waals surface area contributed by atoms with Gasteiger partial charge in [0.15, 0.2) is 0 Å². The van der Waals surface area contributed by atoms with E-state index in [-0.39, 0.29) is 5.56 Å². The minimum Gasteiger partial charge on any atom is -0.207 e. The lowest BCUT2D eigenvalue weighted by Gasteiger charge is -2.13. The highest BCUT2D eigenvalue weighted by molar-refractivity contribution is 7.99. The van der Waals surface area contributed by atoms with Gasteiger partial charge in [-0.3, -0.25) is 0 Å². The maximum atomic E-state index is 13.8. The Balaban J connectivity index is 1.90. The Hall–Kier alpha value is -2.28. The summed E-state index contributed by atoms with van der Waals surface area (Å²) in [5, 5.41) is 11.5. The highest BCUT2D eigenvalue weighted by Crippen LogP contribution is 2.36. The zero-order valence-corrected chi connectivity index (χ0v) is 12.5. The quantitative estimate of drug-likeness (QED) is 0.686. The first-order valence-electron chi connectivity index (χ1n) is 6.61. The van der Waals surface area contributed by atoms with E-state index in [4.69, 9.17) is 0 Å². The molecule has 0 aliphatic carbocycles. The van der Waals surface area contributed by atoms with Crippen LogP contribution in [0.2, 0.25) is 0 Å². The van der Waals surface area contributed by atoms with Gasteiger partial charge in [0.1, 0.15) is 11.6 Å². The van der Waals surface area contributed by atoms with Crippen molar-refractivity contribution in [2.75, 3.05) is 0 Å². The van der Waals surface area contributed by atoms with Gasteiger partial charge in [-0.1, -0.05) is 36.0 Å². The molecule has 0 N–H and O–H groups in total. The molecular weight excluding hydrogens is 306 g/mol. The Bertz CT molecular complexity index is 756. The maximum Gasteiger partial charge on any atom is 0.214 e. The molecule has 0 saturated carbocycles. The third-order valence-corrected chi connectivity index (χ3v) is 4.18. The summed E-state index contributed by atoms with van der Waals surface area (Å²) < 4.78 is 29.2. The van der Waals surface area contributed by atoms with Crippen molar-refractivity contribution in [1.82, 2.24) is 20.2 Å². The van der Waals surface area contributed by atoms with Gasteiger partial charge < -0.3 is 0 Å². The summed E-state index contributed by atoms with van der Waals surface area (Å²) in [6.45, 7) is 1.72. The molecule has 112 valence electrons. The molecule has 0 fully saturated rings. The number of benzene rings is 2. The van der Waals surface area contributed by atoms with E-state index >= 15 is 0 Å². The van der Waals surface area contributed by atoms with Crippen molar-refractivity contribution in [2.45, 2.75) is 17.3 Å². The van der Waals surface area contributed by atoms with Crippen LogP contribution in [0.1, 0.15) is 17.7 Å². The fourth-order valence-corrected chi connectivity index (χ4v) is 3.08. The van der Waals surface area contributed by atoms with Crippen molar-refractivity contribution in [3.63, 3.8) is 0 Å². The van der Waals surface area contributed by atoms with Crippen LogP contribution in [-0.2, 0) is 0 Å². The molecule has 0 aliphatic heterocycles. The normalized spacial score (nSPS) is 12.3. The number of para-hydroxylation sites is 1. The van der Waals surface area contributed by atoms with Crippen LogP contribution in [0.3, 0.4) is 0 Å². The van der Waals surface area contributed by atoms with Crippen molar-refractivity contribution >= 4 is 11.8 Å². The summed E-state index contributed by atoms with van der Waals surface area (Å²) >= 11 is 1.20. The van der Waals surface area contributed by atoms with E-state index in [1.165, 1.54) is 30.0 Å². The number of nitrogens with zero attached hydrogens (tertiary/aromatic N) is 4. The van der Waals surface area contributed by atoms with Crippen molar-refractivity contribution in [3.8, 4) is 5.69 Å². The van der Waals surface area contributed by atoms with E-state index in [0.717, 1.165) is 5.69 Å². The first kappa shape index (κ1) is 14.6. The fraction of sp³-hybridized carbons (Fsp3) is 0.133. The monoisotopic (exact) mass is 318 g/mol. The van der Waals surface area contributed by atoms with Crippen molar-refractivity contribution in [3.05, 3.63) is 65.7 Å². The average molecular weight is 318 g/mol. The summed E-state index contributed by atoms with van der Waals surface area (Å²) in [7, 11) is 0. The summed E-state index contributed by atoms with van der Waals surface area (Å²) in [4.78, 5) is 0. The zero-order chi connectivity index (χ0) is 15.5. The molecule has 0 aliphatic rings. The van der Waals surface area contributed by atoms with E-state index in [1.807, 2.05) is 30.3 Å². The van der Waals surface area contributed by atoms with Gasteiger partial charge in [0, 0.05) is 10.8 Å². The standard InChI is InChI=1S/C15H12F2N4S/c1-10(14-12(16)8-5-9-13(14)17)22-15-18-19-20-21(15)11-6-3-2-4-7-11/h2-10H,1H3. The minimum absolute atomic E-state index is 0.0233. The maximum absolute atomic E-state index is 13.8. The molecule has 22 heavy (non-hydrogen) atoms. The van der Waals surface area contributed by atoms with Crippen LogP contribution < -0.4 is 0 Å². The second kappa shape index (κ2) is 6.23. The summed E-state index contributed by atoms with van der Waals surface area (Å²) in [6, 6.07) is 13.2. The Morgan fingerprint density at radius 3 is 2.36 bits per heavy atom. The molecular formula is C15H12F2N4S. The third kappa shape index (κ3) is 2.85. The molecule has 3 rings (SSSR count). The van der Waals surface area contributed by atoms with Crippen molar-refractivity contribution in [2.24, 2.45) is 0 Å². The minimum atomic E-state index is -0.571. The summed E-state index contributed by atoms with van der Waals surface area (Å²) in [6.07, 6.45) is 0. The molecule has 1 unspecified atom stereocenters. The third-order valence-electron chi connectivity index (χ3n) is 3.13. The van der Waals surface area contributed by atoms with E-state index in [9.17, 15) is 8.78 Å². The molecule has 2 aromatic carbocycles. The first-order chi connectivity index (χ1) is 10.7. The molecule has 1 heterocycles. The van der Waals surface area contributed by atoms with E-state index in [2.05, 4.69) is 15.5 Å². The lowest BCUT2D eigenvalue weighted by Crippen LogP contribution is -2.02. The molecule has 0 saturated heterocycles. The van der Waals surface area contributed by atoms with Crippen molar-refractivity contribution < 1.29 is 8.78 Å². The van der Waals surface area contributed by atoms with Gasteiger partial charge in [-0.25, -0.2) is 8.78 Å². The van der Waals surface area contributed by atoms with Crippen LogP contribution in [0.15, 0.2) is 53.7 Å². The Kier molecular flexibility index (Phi) is 4.15. The topological polar surface area (TPSA) is 43.6 Å². The van der Waals surface area contributed by atoms with Crippen LogP contribution in [0.4, 0.5) is 8.78 Å². The molecule has 4 nitrogen and oxygen atoms in total. The lowest BCUT2D eigenvalue weighted by molar-refractivity contribution is 0.557. The van der Waals surface area contributed by atoms with Gasteiger partial charge in [0.25, 0.3) is 0 Å². The van der Waals surface area contributed by atoms with E-state index < -0.39 is 16.9 Å². The SMILES string of the molecule is CC(Sc1nnnn1-c1ccccc1)c1c(F)cccc1F. The largest absolute Gasteiger partial charge is 0.214 e. The van der Waals surface area contributed by atoms with E-state index in [1.54, 1.807) is 11.6 Å². The summed E-state index contributed by atoms with van der Waals surface area (Å²) in [5.41, 5.74) is 0.811. The van der Waals surface area contributed by atoms with Crippen LogP contribution in [0.5, 0.6) is 0 Å². The van der Waals surface area contributed by atoms with Crippen LogP contribution in [0.25, 0.3) is 5.69 Å². The number of tetrazole rings is 1. The number of halogens is 2. The van der Waals surface area contributed by atoms with Crippen LogP contribution >= 0.6 is 11.8 Å². The highest BCUT2D eigenvalue weighted by atomic mass is 32.2. The number of rotatable bonds is 4. The number of hydrogen-bond donors (Lipinski definition) is 0. The molecule has 0 spiro atoms. The predicted octanol–water partition coefficient (Wildman–Crippen LogP) is 3.79. The Morgan fingerprint density at radius 1 is 1.00 bits per heavy atom. The zero-order valence-electron chi connectivity index (χ0n) is 11.6. The number of hydrogen-bond acceptors (Lipinski definition) is 4. The highest BCUT2D eigenvalue weighted by Gasteiger charge is 2.20. The van der Waals surface area contributed by atoms with Gasteiger partial charge in [-0.2, -0.15) is 4.68 Å². The second-order valence-electron chi connectivity index (χ2n) is 4.60. The average Bonchev–Trinajstić information content (AvgIpc) is 2.96. The molecule has 0 bridgehead atoms. The molecule has 1 atom stereocenters. The molecule has 7 heteroatoms. The smallest absolute Gasteiger partial charge is 0.207 e. The molecule has 0 amide bonds. The molecule has 0 radical (unpaired) electrons.